The van der Waals surface area contributed by atoms with Gasteiger partial charge in [0.2, 0.25) is 0 Å². The molecule has 0 radical (unpaired) electrons. The maximum Gasteiger partial charge on any atom is 0.336 e. The van der Waals surface area contributed by atoms with Crippen molar-refractivity contribution in [1.82, 2.24) is 19.1 Å². The minimum Gasteiger partial charge on any atom is -0.423 e. The molecule has 0 spiro atoms. The van der Waals surface area contributed by atoms with E-state index in [1.807, 2.05) is 45.9 Å². The molecule has 3 aromatic heterocycles. The number of thioether (sulfide) groups is 1. The van der Waals surface area contributed by atoms with Crippen LogP contribution in [0.4, 0.5) is 0 Å². The fourth-order valence-electron chi connectivity index (χ4n) is 3.63. The Kier molecular flexibility index (Phi) is 5.78. The van der Waals surface area contributed by atoms with Crippen LogP contribution in [-0.4, -0.2) is 19.1 Å². The lowest BCUT2D eigenvalue weighted by Gasteiger charge is -2.19. The molecule has 8 nitrogen and oxygen atoms in total. The molecule has 0 bridgehead atoms. The van der Waals surface area contributed by atoms with E-state index in [4.69, 9.17) is 9.40 Å². The quantitative estimate of drug-likeness (QED) is 0.258. The zero-order valence-corrected chi connectivity index (χ0v) is 20.4. The minimum atomic E-state index is -0.444. The Balaban J connectivity index is 1.90. The summed E-state index contributed by atoms with van der Waals surface area (Å²) in [4.78, 5) is 47.0. The monoisotopic (exact) mass is 466 g/mol. The van der Waals surface area contributed by atoms with Crippen LogP contribution in [0.5, 0.6) is 0 Å². The van der Waals surface area contributed by atoms with Crippen molar-refractivity contribution < 1.29 is 4.42 Å². The van der Waals surface area contributed by atoms with E-state index in [0.29, 0.717) is 27.8 Å². The number of rotatable bonds is 4. The third kappa shape index (κ3) is 4.13. The lowest BCUT2D eigenvalue weighted by molar-refractivity contribution is 0.539. The van der Waals surface area contributed by atoms with Crippen molar-refractivity contribution in [1.29, 1.82) is 0 Å². The molecule has 33 heavy (non-hydrogen) atoms. The van der Waals surface area contributed by atoms with Crippen LogP contribution in [0, 0.1) is 0 Å². The van der Waals surface area contributed by atoms with E-state index in [-0.39, 0.29) is 5.39 Å². The van der Waals surface area contributed by atoms with E-state index in [1.165, 1.54) is 29.4 Å². The summed E-state index contributed by atoms with van der Waals surface area (Å²) in [7, 11) is 3.04. The van der Waals surface area contributed by atoms with Crippen LogP contribution in [0.15, 0.2) is 48.1 Å². The molecule has 0 atom stereocenters. The van der Waals surface area contributed by atoms with Crippen LogP contribution in [0.2, 0.25) is 0 Å². The third-order valence-corrected chi connectivity index (χ3v) is 6.63. The van der Waals surface area contributed by atoms with Crippen molar-refractivity contribution in [3.8, 4) is 0 Å². The normalized spacial score (nSPS) is 12.1. The summed E-state index contributed by atoms with van der Waals surface area (Å²) in [6.45, 7) is 7.97. The predicted molar refractivity (Wildman–Crippen MR) is 130 cm³/mol. The molecule has 4 rings (SSSR count). The van der Waals surface area contributed by atoms with Crippen molar-refractivity contribution in [2.24, 2.45) is 14.1 Å². The lowest BCUT2D eigenvalue weighted by atomic mass is 9.96. The van der Waals surface area contributed by atoms with Crippen LogP contribution < -0.4 is 16.9 Å². The van der Waals surface area contributed by atoms with E-state index in [9.17, 15) is 14.4 Å². The number of aromatic nitrogens is 4. The highest BCUT2D eigenvalue weighted by Gasteiger charge is 2.24. The number of benzene rings is 1. The number of hydrogen-bond donors (Lipinski definition) is 0. The van der Waals surface area contributed by atoms with Gasteiger partial charge in [0.15, 0.2) is 5.65 Å². The van der Waals surface area contributed by atoms with E-state index >= 15 is 0 Å². The van der Waals surface area contributed by atoms with Gasteiger partial charge in [-0.3, -0.25) is 13.9 Å². The van der Waals surface area contributed by atoms with E-state index < -0.39 is 22.3 Å². The largest absolute Gasteiger partial charge is 0.423 e. The lowest BCUT2D eigenvalue weighted by Crippen LogP contribution is -2.38. The van der Waals surface area contributed by atoms with Gasteiger partial charge in [-0.05, 0) is 23.6 Å². The number of fused-ring (bicyclic) bond motifs is 2. The van der Waals surface area contributed by atoms with Crippen LogP contribution in [0.3, 0.4) is 0 Å². The Morgan fingerprint density at radius 1 is 1.03 bits per heavy atom. The predicted octanol–water partition coefficient (Wildman–Crippen LogP) is 3.29. The van der Waals surface area contributed by atoms with Crippen LogP contribution in [0.1, 0.15) is 44.6 Å². The highest BCUT2D eigenvalue weighted by molar-refractivity contribution is 7.98. The molecule has 0 saturated heterocycles. The molecule has 0 aliphatic carbocycles. The van der Waals surface area contributed by atoms with Crippen molar-refractivity contribution in [2.75, 3.05) is 0 Å². The molecule has 0 aliphatic heterocycles. The first-order valence-electron chi connectivity index (χ1n) is 10.7. The maximum absolute atomic E-state index is 13.0. The van der Waals surface area contributed by atoms with Gasteiger partial charge in [-0.25, -0.2) is 19.6 Å². The zero-order valence-electron chi connectivity index (χ0n) is 19.6. The average Bonchev–Trinajstić information content (AvgIpc) is 2.77. The summed E-state index contributed by atoms with van der Waals surface area (Å²) in [5.41, 5.74) is 1.01. The molecule has 9 heteroatoms. The molecule has 0 saturated carbocycles. The summed E-state index contributed by atoms with van der Waals surface area (Å²) in [6, 6.07) is 7.32. The van der Waals surface area contributed by atoms with Crippen molar-refractivity contribution >= 4 is 33.8 Å². The van der Waals surface area contributed by atoms with Crippen LogP contribution in [-0.2, 0) is 31.7 Å². The van der Waals surface area contributed by atoms with Crippen molar-refractivity contribution in [2.45, 2.75) is 50.3 Å². The molecule has 0 unspecified atom stereocenters. The number of hydrogen-bond acceptors (Lipinski definition) is 7. The topological polar surface area (TPSA) is 100.0 Å². The Morgan fingerprint density at radius 2 is 1.76 bits per heavy atom. The van der Waals surface area contributed by atoms with Crippen LogP contribution in [0.25, 0.3) is 22.0 Å². The third-order valence-electron chi connectivity index (χ3n) is 5.60. The van der Waals surface area contributed by atoms with Gasteiger partial charge in [-0.2, -0.15) is 0 Å². The molecule has 0 fully saturated rings. The zero-order chi connectivity index (χ0) is 24.1. The summed E-state index contributed by atoms with van der Waals surface area (Å²) in [5.74, 6) is 0.931. The van der Waals surface area contributed by atoms with Gasteiger partial charge in [-0.15, -0.1) is 11.8 Å². The van der Waals surface area contributed by atoms with Gasteiger partial charge in [0, 0.05) is 36.7 Å². The molecule has 172 valence electrons. The SMILES string of the molecule is CCc1ccc2c(CSc3nc(C(C)(C)C)nc4c3c(=O)n(C)c(=O)n4C)cc(=O)oc2c1. The highest BCUT2D eigenvalue weighted by Crippen LogP contribution is 2.31. The fourth-order valence-corrected chi connectivity index (χ4v) is 4.63. The van der Waals surface area contributed by atoms with Crippen molar-refractivity contribution in [3.05, 3.63) is 72.5 Å². The van der Waals surface area contributed by atoms with Gasteiger partial charge < -0.3 is 4.42 Å². The van der Waals surface area contributed by atoms with Gasteiger partial charge in [-0.1, -0.05) is 39.8 Å². The Bertz CT molecular complexity index is 1570. The summed E-state index contributed by atoms with van der Waals surface area (Å²) in [6.07, 6.45) is 0.836. The van der Waals surface area contributed by atoms with Gasteiger partial charge in [0.1, 0.15) is 21.8 Å². The molecule has 0 amide bonds. The molecular weight excluding hydrogens is 440 g/mol. The van der Waals surface area contributed by atoms with E-state index in [0.717, 1.165) is 27.5 Å². The van der Waals surface area contributed by atoms with Crippen molar-refractivity contribution in [3.63, 3.8) is 0 Å². The molecule has 4 aromatic rings. The maximum atomic E-state index is 13.0. The molecule has 1 aromatic carbocycles. The second-order valence-electron chi connectivity index (χ2n) is 9.07. The summed E-state index contributed by atoms with van der Waals surface area (Å²) >= 11 is 1.34. The van der Waals surface area contributed by atoms with Gasteiger partial charge >= 0.3 is 11.3 Å². The second kappa shape index (κ2) is 8.30. The first kappa shape index (κ1) is 23.0. The number of nitrogens with zero attached hydrogens (tertiary/aromatic N) is 4. The molecule has 3 heterocycles. The Morgan fingerprint density at radius 3 is 2.42 bits per heavy atom. The number of aryl methyl sites for hydroxylation is 2. The first-order valence-corrected chi connectivity index (χ1v) is 11.7. The van der Waals surface area contributed by atoms with E-state index in [2.05, 4.69) is 4.98 Å². The Labute approximate surface area is 194 Å². The standard InChI is InChI=1S/C24H26N4O4S/c1-7-13-8-9-15-14(11-17(29)32-16(15)10-13)12-33-20-18-19(25-22(26-20)24(2,3)4)27(5)23(31)28(6)21(18)30/h8-11H,7,12H2,1-6H3. The molecule has 0 N–H and O–H groups in total. The molecular formula is C24H26N4O4S. The average molecular weight is 467 g/mol. The Hall–Kier alpha value is -3.20. The van der Waals surface area contributed by atoms with Gasteiger partial charge in [0.05, 0.1) is 0 Å². The van der Waals surface area contributed by atoms with Gasteiger partial charge in [0.25, 0.3) is 5.56 Å². The van der Waals surface area contributed by atoms with E-state index in [1.54, 1.807) is 7.05 Å². The molecule has 0 aliphatic rings. The summed E-state index contributed by atoms with van der Waals surface area (Å²) in [5, 5.41) is 1.61. The minimum absolute atomic E-state index is 0.290. The fraction of sp³-hybridized carbons (Fsp3) is 0.375. The smallest absolute Gasteiger partial charge is 0.336 e. The highest BCUT2D eigenvalue weighted by atomic mass is 32.2. The first-order chi connectivity index (χ1) is 15.5. The second-order valence-corrected chi connectivity index (χ2v) is 10.0. The van der Waals surface area contributed by atoms with Crippen LogP contribution >= 0.6 is 11.8 Å². The summed E-state index contributed by atoms with van der Waals surface area (Å²) < 4.78 is 7.85.